The fraction of sp³-hybridized carbons (Fsp3) is 0.458. The van der Waals surface area contributed by atoms with Gasteiger partial charge in [-0.05, 0) is 19.4 Å². The van der Waals surface area contributed by atoms with Crippen molar-refractivity contribution in [2.75, 3.05) is 32.7 Å². The average Bonchev–Trinajstić information content (AvgIpc) is 2.74. The summed E-state index contributed by atoms with van der Waals surface area (Å²) in [5.74, 6) is 0.247. The third kappa shape index (κ3) is 5.51. The van der Waals surface area contributed by atoms with E-state index in [9.17, 15) is 4.79 Å². The summed E-state index contributed by atoms with van der Waals surface area (Å²) < 4.78 is 6.24. The summed E-state index contributed by atoms with van der Waals surface area (Å²) in [7, 11) is 0. The van der Waals surface area contributed by atoms with Gasteiger partial charge in [0.05, 0.1) is 6.10 Å². The number of piperazine rings is 1. The van der Waals surface area contributed by atoms with Crippen molar-refractivity contribution in [1.29, 1.82) is 0 Å². The normalized spacial score (nSPS) is 19.1. The van der Waals surface area contributed by atoms with Crippen LogP contribution in [-0.4, -0.2) is 54.5 Å². The lowest BCUT2D eigenvalue weighted by atomic mass is 9.98. The third-order valence-corrected chi connectivity index (χ3v) is 5.63. The molecule has 0 aromatic heterocycles. The van der Waals surface area contributed by atoms with E-state index in [1.54, 1.807) is 0 Å². The maximum absolute atomic E-state index is 12.6. The molecule has 1 aliphatic heterocycles. The molecule has 1 heterocycles. The van der Waals surface area contributed by atoms with Gasteiger partial charge in [0, 0.05) is 44.2 Å². The molecule has 0 unspecified atom stereocenters. The van der Waals surface area contributed by atoms with Crippen LogP contribution in [0.2, 0.25) is 0 Å². The Kier molecular flexibility index (Phi) is 7.37. The second-order valence-corrected chi connectivity index (χ2v) is 7.76. The van der Waals surface area contributed by atoms with Crippen molar-refractivity contribution in [3.8, 4) is 0 Å². The minimum Gasteiger partial charge on any atom is -0.356 e. The number of carbonyl (C=O) groups excluding carboxylic acids is 1. The highest BCUT2D eigenvalue weighted by Gasteiger charge is 2.25. The highest BCUT2D eigenvalue weighted by molar-refractivity contribution is 5.97. The quantitative estimate of drug-likeness (QED) is 0.641. The van der Waals surface area contributed by atoms with Crippen molar-refractivity contribution in [1.82, 2.24) is 9.80 Å². The summed E-state index contributed by atoms with van der Waals surface area (Å²) in [5, 5.41) is 0. The molecule has 150 valence electrons. The molecular weight excluding hydrogens is 348 g/mol. The Morgan fingerprint density at radius 3 is 2.07 bits per heavy atom. The van der Waals surface area contributed by atoms with Crippen molar-refractivity contribution in [3.63, 3.8) is 0 Å². The summed E-state index contributed by atoms with van der Waals surface area (Å²) in [6, 6.07) is 20.0. The van der Waals surface area contributed by atoms with E-state index in [4.69, 9.17) is 4.74 Å². The van der Waals surface area contributed by atoms with Gasteiger partial charge in [-0.25, -0.2) is 0 Å². The maximum Gasteiger partial charge on any atom is 0.166 e. The highest BCUT2D eigenvalue weighted by atomic mass is 16.5. The van der Waals surface area contributed by atoms with Crippen molar-refractivity contribution in [3.05, 3.63) is 71.8 Å². The zero-order chi connectivity index (χ0) is 19.9. The number of ether oxygens (including phenoxy) is 1. The molecule has 0 bridgehead atoms. The molecule has 3 rings (SSSR count). The molecule has 3 atom stereocenters. The third-order valence-electron chi connectivity index (χ3n) is 5.63. The lowest BCUT2D eigenvalue weighted by Gasteiger charge is -2.39. The molecule has 0 radical (unpaired) electrons. The van der Waals surface area contributed by atoms with Crippen LogP contribution in [0.25, 0.3) is 0 Å². The lowest BCUT2D eigenvalue weighted by molar-refractivity contribution is -0.0976. The van der Waals surface area contributed by atoms with Crippen LogP contribution in [0.1, 0.15) is 42.8 Å². The number of ketones is 1. The van der Waals surface area contributed by atoms with Gasteiger partial charge in [-0.3, -0.25) is 9.69 Å². The molecule has 2 aromatic carbocycles. The SMILES string of the molecule is C[C@H](CN1CCN([C@@H](C)O[C@@H](C)c2ccccc2)CC1)C(=O)c1ccccc1. The molecule has 4 heteroatoms. The second-order valence-electron chi connectivity index (χ2n) is 7.76. The number of nitrogens with zero attached hydrogens (tertiary/aromatic N) is 2. The predicted octanol–water partition coefficient (Wildman–Crippen LogP) is 4.25. The predicted molar refractivity (Wildman–Crippen MR) is 113 cm³/mol. The first-order valence-electron chi connectivity index (χ1n) is 10.3. The number of carbonyl (C=O) groups is 1. The molecule has 1 saturated heterocycles. The van der Waals surface area contributed by atoms with Crippen LogP contribution >= 0.6 is 0 Å². The summed E-state index contributed by atoms with van der Waals surface area (Å²) in [6.45, 7) is 11.0. The molecule has 1 aliphatic rings. The molecule has 2 aromatic rings. The van der Waals surface area contributed by atoms with E-state index in [1.807, 2.05) is 43.3 Å². The van der Waals surface area contributed by atoms with Crippen molar-refractivity contribution in [2.24, 2.45) is 5.92 Å². The van der Waals surface area contributed by atoms with Crippen LogP contribution in [0.5, 0.6) is 0 Å². The van der Waals surface area contributed by atoms with Gasteiger partial charge in [0.15, 0.2) is 5.78 Å². The Morgan fingerprint density at radius 1 is 0.893 bits per heavy atom. The summed E-state index contributed by atoms with van der Waals surface area (Å²) in [6.07, 6.45) is 0.165. The van der Waals surface area contributed by atoms with E-state index in [1.165, 1.54) is 5.56 Å². The number of benzene rings is 2. The summed E-state index contributed by atoms with van der Waals surface area (Å²) in [5.41, 5.74) is 2.02. The lowest BCUT2D eigenvalue weighted by Crippen LogP contribution is -2.51. The summed E-state index contributed by atoms with van der Waals surface area (Å²) in [4.78, 5) is 17.4. The van der Waals surface area contributed by atoms with E-state index in [0.717, 1.165) is 38.3 Å². The topological polar surface area (TPSA) is 32.8 Å². The maximum atomic E-state index is 12.6. The molecular formula is C24H32N2O2. The molecule has 0 amide bonds. The molecule has 0 aliphatic carbocycles. The second kappa shape index (κ2) is 9.97. The van der Waals surface area contributed by atoms with Crippen molar-refractivity contribution in [2.45, 2.75) is 33.1 Å². The minimum absolute atomic E-state index is 0.0146. The average molecular weight is 381 g/mol. The van der Waals surface area contributed by atoms with Gasteiger partial charge in [0.1, 0.15) is 6.23 Å². The Labute approximate surface area is 169 Å². The number of hydrogen-bond donors (Lipinski definition) is 0. The van der Waals surface area contributed by atoms with Crippen molar-refractivity contribution < 1.29 is 9.53 Å². The van der Waals surface area contributed by atoms with E-state index in [0.29, 0.717) is 0 Å². The largest absolute Gasteiger partial charge is 0.356 e. The first-order valence-corrected chi connectivity index (χ1v) is 10.3. The van der Waals surface area contributed by atoms with Crippen LogP contribution in [0.3, 0.4) is 0 Å². The molecule has 0 N–H and O–H groups in total. The van der Waals surface area contributed by atoms with E-state index < -0.39 is 0 Å². The Balaban J connectivity index is 1.44. The van der Waals surface area contributed by atoms with Gasteiger partial charge >= 0.3 is 0 Å². The number of Topliss-reactive ketones (excluding diaryl/α,β-unsaturated/α-hetero) is 1. The molecule has 28 heavy (non-hydrogen) atoms. The van der Waals surface area contributed by atoms with Gasteiger partial charge in [0.2, 0.25) is 0 Å². The zero-order valence-electron chi connectivity index (χ0n) is 17.3. The van der Waals surface area contributed by atoms with E-state index in [-0.39, 0.29) is 24.0 Å². The monoisotopic (exact) mass is 380 g/mol. The van der Waals surface area contributed by atoms with Crippen LogP contribution in [0.15, 0.2) is 60.7 Å². The highest BCUT2D eigenvalue weighted by Crippen LogP contribution is 2.20. The fourth-order valence-corrected chi connectivity index (χ4v) is 3.85. The van der Waals surface area contributed by atoms with Gasteiger partial charge in [-0.2, -0.15) is 0 Å². The van der Waals surface area contributed by atoms with Gasteiger partial charge in [-0.15, -0.1) is 0 Å². The minimum atomic E-state index is 0.0146. The van der Waals surface area contributed by atoms with Gasteiger partial charge in [-0.1, -0.05) is 67.6 Å². The molecule has 0 saturated carbocycles. The first kappa shape index (κ1) is 20.7. The first-order chi connectivity index (χ1) is 13.5. The van der Waals surface area contributed by atoms with Crippen molar-refractivity contribution >= 4 is 5.78 Å². The Bertz CT molecular complexity index is 727. The smallest absolute Gasteiger partial charge is 0.166 e. The Hall–Kier alpha value is -2.01. The van der Waals surface area contributed by atoms with Crippen LogP contribution in [-0.2, 0) is 4.74 Å². The van der Waals surface area contributed by atoms with Crippen LogP contribution in [0.4, 0.5) is 0 Å². The molecule has 4 nitrogen and oxygen atoms in total. The Morgan fingerprint density at radius 2 is 1.46 bits per heavy atom. The van der Waals surface area contributed by atoms with Crippen LogP contribution in [0, 0.1) is 5.92 Å². The zero-order valence-corrected chi connectivity index (χ0v) is 17.3. The van der Waals surface area contributed by atoms with E-state index in [2.05, 4.69) is 47.9 Å². The standard InChI is InChI=1S/C24H32N2O2/c1-19(24(27)23-12-8-5-9-13-23)18-25-14-16-26(17-15-25)21(3)28-20(2)22-10-6-4-7-11-22/h4-13,19-21H,14-18H2,1-3H3/t19-,20+,21-/m1/s1. The molecule has 1 fully saturated rings. The summed E-state index contributed by atoms with van der Waals surface area (Å²) >= 11 is 0. The van der Waals surface area contributed by atoms with Gasteiger partial charge in [0.25, 0.3) is 0 Å². The van der Waals surface area contributed by atoms with Crippen LogP contribution < -0.4 is 0 Å². The number of rotatable bonds is 8. The molecule has 0 spiro atoms. The van der Waals surface area contributed by atoms with E-state index >= 15 is 0 Å². The van der Waals surface area contributed by atoms with Gasteiger partial charge < -0.3 is 9.64 Å². The fourth-order valence-electron chi connectivity index (χ4n) is 3.85. The number of hydrogen-bond acceptors (Lipinski definition) is 4.